The number of rotatable bonds is 4. The number of nitrogens with zero attached hydrogens (tertiary/aromatic N) is 2. The average molecular weight is 292 g/mol. The van der Waals surface area contributed by atoms with E-state index < -0.39 is 0 Å². The molecular weight excluding hydrogens is 272 g/mol. The highest BCUT2D eigenvalue weighted by Crippen LogP contribution is 2.34. The van der Waals surface area contributed by atoms with Crippen LogP contribution in [0.4, 0.5) is 5.69 Å². The molecule has 0 saturated heterocycles. The van der Waals surface area contributed by atoms with Crippen LogP contribution in [0.15, 0.2) is 0 Å². The SMILES string of the molecule is CCC(CC)NC(=O)c1sc2nnc(C)c(C)c2c1N. The van der Waals surface area contributed by atoms with Gasteiger partial charge in [0, 0.05) is 11.4 Å². The topological polar surface area (TPSA) is 80.9 Å². The Kier molecular flexibility index (Phi) is 4.23. The maximum Gasteiger partial charge on any atom is 0.263 e. The van der Waals surface area contributed by atoms with Gasteiger partial charge in [0.25, 0.3) is 5.91 Å². The molecule has 0 atom stereocenters. The molecule has 20 heavy (non-hydrogen) atoms. The molecule has 6 heteroatoms. The molecule has 0 aliphatic heterocycles. The van der Waals surface area contributed by atoms with Crippen molar-refractivity contribution in [2.24, 2.45) is 0 Å². The summed E-state index contributed by atoms with van der Waals surface area (Å²) in [5.41, 5.74) is 8.50. The molecule has 5 nitrogen and oxygen atoms in total. The monoisotopic (exact) mass is 292 g/mol. The first-order chi connectivity index (χ1) is 9.49. The summed E-state index contributed by atoms with van der Waals surface area (Å²) in [6.07, 6.45) is 1.82. The van der Waals surface area contributed by atoms with Gasteiger partial charge < -0.3 is 11.1 Å². The van der Waals surface area contributed by atoms with Crippen LogP contribution in [0.25, 0.3) is 10.2 Å². The largest absolute Gasteiger partial charge is 0.397 e. The quantitative estimate of drug-likeness (QED) is 0.908. The van der Waals surface area contributed by atoms with Gasteiger partial charge in [-0.05, 0) is 32.3 Å². The van der Waals surface area contributed by atoms with Gasteiger partial charge in [-0.1, -0.05) is 13.8 Å². The molecule has 0 aliphatic carbocycles. The van der Waals surface area contributed by atoms with Crippen LogP contribution in [0.1, 0.15) is 47.6 Å². The van der Waals surface area contributed by atoms with Gasteiger partial charge in [0.1, 0.15) is 9.71 Å². The number of carbonyl (C=O) groups is 1. The normalized spacial score (nSPS) is 11.2. The predicted octanol–water partition coefficient (Wildman–Crippen LogP) is 2.81. The van der Waals surface area contributed by atoms with Crippen LogP contribution >= 0.6 is 11.3 Å². The molecule has 0 fully saturated rings. The number of thiophene rings is 1. The van der Waals surface area contributed by atoms with Gasteiger partial charge in [-0.3, -0.25) is 4.79 Å². The summed E-state index contributed by atoms with van der Waals surface area (Å²) in [5.74, 6) is -0.115. The highest BCUT2D eigenvalue weighted by molar-refractivity contribution is 7.21. The highest BCUT2D eigenvalue weighted by Gasteiger charge is 2.21. The van der Waals surface area contributed by atoms with Crippen molar-refractivity contribution in [3.8, 4) is 0 Å². The summed E-state index contributed by atoms with van der Waals surface area (Å²) in [5, 5.41) is 12.1. The maximum atomic E-state index is 12.3. The van der Waals surface area contributed by atoms with E-state index in [0.717, 1.165) is 34.3 Å². The summed E-state index contributed by atoms with van der Waals surface area (Å²) >= 11 is 1.31. The van der Waals surface area contributed by atoms with Crippen LogP contribution in [-0.4, -0.2) is 22.1 Å². The third-order valence-corrected chi connectivity index (χ3v) is 4.75. The van der Waals surface area contributed by atoms with Gasteiger partial charge in [-0.15, -0.1) is 16.4 Å². The van der Waals surface area contributed by atoms with Crippen molar-refractivity contribution in [2.75, 3.05) is 5.73 Å². The lowest BCUT2D eigenvalue weighted by Gasteiger charge is -2.14. The van der Waals surface area contributed by atoms with Gasteiger partial charge in [0.15, 0.2) is 0 Å². The first-order valence-corrected chi connectivity index (χ1v) is 7.63. The molecule has 0 unspecified atom stereocenters. The molecule has 1 amide bonds. The van der Waals surface area contributed by atoms with Gasteiger partial charge >= 0.3 is 0 Å². The summed E-state index contributed by atoms with van der Waals surface area (Å²) < 4.78 is 0. The third kappa shape index (κ3) is 2.47. The summed E-state index contributed by atoms with van der Waals surface area (Å²) in [4.78, 5) is 13.6. The number of nitrogen functional groups attached to an aromatic ring is 1. The molecule has 0 radical (unpaired) electrons. The van der Waals surface area contributed by atoms with Gasteiger partial charge in [-0.25, -0.2) is 0 Å². The number of amides is 1. The number of nitrogens with two attached hydrogens (primary N) is 1. The highest BCUT2D eigenvalue weighted by atomic mass is 32.1. The second kappa shape index (κ2) is 5.75. The molecule has 2 heterocycles. The molecule has 3 N–H and O–H groups in total. The number of carbonyl (C=O) groups excluding carboxylic acids is 1. The van der Waals surface area contributed by atoms with Gasteiger partial charge in [0.05, 0.1) is 11.4 Å². The minimum atomic E-state index is -0.115. The molecule has 108 valence electrons. The molecule has 0 aliphatic rings. The lowest BCUT2D eigenvalue weighted by molar-refractivity contribution is 0.0940. The van der Waals surface area contributed by atoms with E-state index in [9.17, 15) is 4.79 Å². The summed E-state index contributed by atoms with van der Waals surface area (Å²) in [7, 11) is 0. The number of fused-ring (bicyclic) bond motifs is 1. The van der Waals surface area contributed by atoms with Crippen molar-refractivity contribution < 1.29 is 4.79 Å². The average Bonchev–Trinajstić information content (AvgIpc) is 2.78. The van der Waals surface area contributed by atoms with Crippen LogP contribution in [-0.2, 0) is 0 Å². The number of aryl methyl sites for hydroxylation is 2. The lowest BCUT2D eigenvalue weighted by atomic mass is 10.1. The van der Waals surface area contributed by atoms with E-state index in [1.165, 1.54) is 11.3 Å². The van der Waals surface area contributed by atoms with Crippen molar-refractivity contribution in [3.05, 3.63) is 16.1 Å². The van der Waals surface area contributed by atoms with E-state index in [-0.39, 0.29) is 11.9 Å². The van der Waals surface area contributed by atoms with E-state index in [2.05, 4.69) is 29.4 Å². The van der Waals surface area contributed by atoms with Crippen molar-refractivity contribution in [1.82, 2.24) is 15.5 Å². The Hall–Kier alpha value is -1.69. The smallest absolute Gasteiger partial charge is 0.263 e. The van der Waals surface area contributed by atoms with Crippen LogP contribution < -0.4 is 11.1 Å². The number of aromatic nitrogens is 2. The van der Waals surface area contributed by atoms with E-state index >= 15 is 0 Å². The summed E-state index contributed by atoms with van der Waals surface area (Å²) in [6.45, 7) is 7.96. The number of hydrogen-bond acceptors (Lipinski definition) is 5. The number of anilines is 1. The zero-order valence-electron chi connectivity index (χ0n) is 12.3. The molecule has 0 aromatic carbocycles. The van der Waals surface area contributed by atoms with E-state index in [1.807, 2.05) is 13.8 Å². The molecular formula is C14H20N4OS. The molecule has 2 aromatic heterocycles. The van der Waals surface area contributed by atoms with E-state index in [4.69, 9.17) is 5.73 Å². The van der Waals surface area contributed by atoms with Gasteiger partial charge in [0.2, 0.25) is 0 Å². The fraction of sp³-hybridized carbons (Fsp3) is 0.500. The van der Waals surface area contributed by atoms with Crippen LogP contribution in [0.2, 0.25) is 0 Å². The van der Waals surface area contributed by atoms with E-state index in [0.29, 0.717) is 10.6 Å². The maximum absolute atomic E-state index is 12.3. The van der Waals surface area contributed by atoms with Crippen molar-refractivity contribution in [2.45, 2.75) is 46.6 Å². The second-order valence-electron chi connectivity index (χ2n) is 4.92. The minimum absolute atomic E-state index is 0.115. The van der Waals surface area contributed by atoms with Gasteiger partial charge in [-0.2, -0.15) is 5.10 Å². The first kappa shape index (κ1) is 14.7. The standard InChI is InChI=1S/C14H20N4OS/c1-5-9(6-2)16-13(19)12-11(15)10-7(3)8(4)17-18-14(10)20-12/h9H,5-6,15H2,1-4H3,(H,16,19). The summed E-state index contributed by atoms with van der Waals surface area (Å²) in [6, 6.07) is 0.182. The Balaban J connectivity index is 2.43. The molecule has 0 bridgehead atoms. The van der Waals surface area contributed by atoms with Crippen molar-refractivity contribution in [3.63, 3.8) is 0 Å². The number of hydrogen-bond donors (Lipinski definition) is 2. The minimum Gasteiger partial charge on any atom is -0.397 e. The van der Waals surface area contributed by atoms with Crippen molar-refractivity contribution >= 4 is 33.1 Å². The predicted molar refractivity (Wildman–Crippen MR) is 83.1 cm³/mol. The Morgan fingerprint density at radius 3 is 2.55 bits per heavy atom. The first-order valence-electron chi connectivity index (χ1n) is 6.82. The van der Waals surface area contributed by atoms with Crippen LogP contribution in [0, 0.1) is 13.8 Å². The Bertz CT molecular complexity index is 646. The molecule has 0 spiro atoms. The Morgan fingerprint density at radius 2 is 1.95 bits per heavy atom. The number of nitrogens with one attached hydrogen (secondary N) is 1. The van der Waals surface area contributed by atoms with Crippen LogP contribution in [0.5, 0.6) is 0 Å². The fourth-order valence-corrected chi connectivity index (χ4v) is 3.16. The molecule has 0 saturated carbocycles. The second-order valence-corrected chi connectivity index (χ2v) is 5.92. The molecule has 2 rings (SSSR count). The Labute approximate surface area is 122 Å². The van der Waals surface area contributed by atoms with Crippen molar-refractivity contribution in [1.29, 1.82) is 0 Å². The lowest BCUT2D eigenvalue weighted by Crippen LogP contribution is -2.33. The van der Waals surface area contributed by atoms with Crippen LogP contribution in [0.3, 0.4) is 0 Å². The Morgan fingerprint density at radius 1 is 1.30 bits per heavy atom. The zero-order valence-corrected chi connectivity index (χ0v) is 13.1. The molecule has 2 aromatic rings. The third-order valence-electron chi connectivity index (χ3n) is 3.66. The fourth-order valence-electron chi connectivity index (χ4n) is 2.15. The zero-order chi connectivity index (χ0) is 14.9. The van der Waals surface area contributed by atoms with E-state index in [1.54, 1.807) is 0 Å².